The summed E-state index contributed by atoms with van der Waals surface area (Å²) < 4.78 is 5.47. The molecule has 0 aromatic heterocycles. The molecule has 1 heterocycles. The average molecular weight is 306 g/mol. The molecule has 3 rings (SSSR count). The maximum atomic E-state index is 12.1. The highest BCUT2D eigenvalue weighted by Gasteiger charge is 2.17. The van der Waals surface area contributed by atoms with Crippen LogP contribution >= 0.6 is 0 Å². The molecule has 0 aliphatic carbocycles. The molecule has 2 aromatic carbocycles. The van der Waals surface area contributed by atoms with E-state index in [-0.39, 0.29) is 17.6 Å². The van der Waals surface area contributed by atoms with Crippen LogP contribution in [0.3, 0.4) is 0 Å². The van der Waals surface area contributed by atoms with Crippen molar-refractivity contribution in [1.29, 1.82) is 5.26 Å². The van der Waals surface area contributed by atoms with E-state index in [0.717, 1.165) is 35.8 Å². The number of rotatable bonds is 4. The highest BCUT2D eigenvalue weighted by atomic mass is 16.5. The van der Waals surface area contributed by atoms with E-state index < -0.39 is 0 Å². The first-order chi connectivity index (χ1) is 11.3. The number of hydrogen-bond donors (Lipinski definition) is 1. The number of fused-ring (bicyclic) bond motifs is 1. The van der Waals surface area contributed by atoms with E-state index in [9.17, 15) is 10.1 Å². The molecule has 116 valence electrons. The molecule has 2 aromatic rings. The Morgan fingerprint density at radius 2 is 2.13 bits per heavy atom. The molecule has 4 nitrogen and oxygen atoms in total. The van der Waals surface area contributed by atoms with Crippen LogP contribution < -0.4 is 5.32 Å². The van der Waals surface area contributed by atoms with Crippen molar-refractivity contribution in [2.75, 3.05) is 13.2 Å². The minimum absolute atomic E-state index is 0.0690. The SMILES string of the molecule is N#C/C(=C\c1ccc2ccccc2c1)C(=O)NCC1CCCO1. The van der Waals surface area contributed by atoms with Crippen LogP contribution in [0.2, 0.25) is 0 Å². The van der Waals surface area contributed by atoms with E-state index in [1.165, 1.54) is 0 Å². The number of hydrogen-bond acceptors (Lipinski definition) is 3. The second-order valence-electron chi connectivity index (χ2n) is 5.62. The van der Waals surface area contributed by atoms with Crippen molar-refractivity contribution in [2.24, 2.45) is 0 Å². The van der Waals surface area contributed by atoms with Crippen molar-refractivity contribution in [3.8, 4) is 6.07 Å². The van der Waals surface area contributed by atoms with Crippen LogP contribution in [0, 0.1) is 11.3 Å². The van der Waals surface area contributed by atoms with Crippen LogP contribution in [0.25, 0.3) is 16.8 Å². The third kappa shape index (κ3) is 3.77. The molecule has 1 aliphatic heterocycles. The van der Waals surface area contributed by atoms with Gasteiger partial charge >= 0.3 is 0 Å². The molecule has 1 saturated heterocycles. The van der Waals surface area contributed by atoms with Gasteiger partial charge in [-0.3, -0.25) is 4.79 Å². The lowest BCUT2D eigenvalue weighted by Crippen LogP contribution is -2.32. The Morgan fingerprint density at radius 1 is 1.30 bits per heavy atom. The zero-order valence-corrected chi connectivity index (χ0v) is 12.8. The molecule has 0 saturated carbocycles. The molecule has 1 fully saturated rings. The fraction of sp³-hybridized carbons (Fsp3) is 0.263. The van der Waals surface area contributed by atoms with Gasteiger partial charge in [-0.05, 0) is 41.3 Å². The Morgan fingerprint density at radius 3 is 2.87 bits per heavy atom. The maximum absolute atomic E-state index is 12.1. The van der Waals surface area contributed by atoms with Crippen molar-refractivity contribution in [1.82, 2.24) is 5.32 Å². The van der Waals surface area contributed by atoms with Crippen molar-refractivity contribution >= 4 is 22.8 Å². The van der Waals surface area contributed by atoms with Crippen LogP contribution in [0.5, 0.6) is 0 Å². The van der Waals surface area contributed by atoms with Gasteiger partial charge in [0.2, 0.25) is 0 Å². The summed E-state index contributed by atoms with van der Waals surface area (Å²) in [5.74, 6) is -0.351. The Hall–Kier alpha value is -2.64. The Kier molecular flexibility index (Phi) is 4.70. The topological polar surface area (TPSA) is 62.1 Å². The smallest absolute Gasteiger partial charge is 0.262 e. The molecule has 4 heteroatoms. The molecule has 0 bridgehead atoms. The summed E-state index contributed by atoms with van der Waals surface area (Å²) in [6.07, 6.45) is 3.67. The van der Waals surface area contributed by atoms with E-state index in [2.05, 4.69) is 5.32 Å². The van der Waals surface area contributed by atoms with Gasteiger partial charge in [0.25, 0.3) is 5.91 Å². The summed E-state index contributed by atoms with van der Waals surface area (Å²) in [4.78, 5) is 12.1. The molecule has 1 unspecified atom stereocenters. The number of ether oxygens (including phenoxy) is 1. The molecular weight excluding hydrogens is 288 g/mol. The first kappa shape index (κ1) is 15.3. The van der Waals surface area contributed by atoms with Gasteiger partial charge in [0.1, 0.15) is 11.6 Å². The molecule has 0 radical (unpaired) electrons. The van der Waals surface area contributed by atoms with E-state index in [4.69, 9.17) is 4.74 Å². The van der Waals surface area contributed by atoms with Gasteiger partial charge in [-0.25, -0.2) is 0 Å². The number of amides is 1. The first-order valence-corrected chi connectivity index (χ1v) is 7.76. The lowest BCUT2D eigenvalue weighted by molar-refractivity contribution is -0.117. The zero-order chi connectivity index (χ0) is 16.1. The predicted molar refractivity (Wildman–Crippen MR) is 89.5 cm³/mol. The van der Waals surface area contributed by atoms with Crippen LogP contribution in [0.15, 0.2) is 48.0 Å². The second kappa shape index (κ2) is 7.08. The third-order valence-corrected chi connectivity index (χ3v) is 3.96. The monoisotopic (exact) mass is 306 g/mol. The molecule has 23 heavy (non-hydrogen) atoms. The Labute approximate surface area is 135 Å². The summed E-state index contributed by atoms with van der Waals surface area (Å²) in [5.41, 5.74) is 0.950. The van der Waals surface area contributed by atoms with E-state index in [0.29, 0.717) is 6.54 Å². The number of nitrogens with one attached hydrogen (secondary N) is 1. The number of carbonyl (C=O) groups excluding carboxylic acids is 1. The quantitative estimate of drug-likeness (QED) is 0.697. The highest BCUT2D eigenvalue weighted by molar-refractivity contribution is 6.02. The van der Waals surface area contributed by atoms with Gasteiger partial charge in [0.05, 0.1) is 6.10 Å². The minimum Gasteiger partial charge on any atom is -0.376 e. The van der Waals surface area contributed by atoms with E-state index in [1.807, 2.05) is 48.5 Å². The summed E-state index contributed by atoms with van der Waals surface area (Å²) in [5, 5.41) is 14.2. The number of nitriles is 1. The van der Waals surface area contributed by atoms with E-state index in [1.54, 1.807) is 6.08 Å². The molecule has 1 atom stereocenters. The Balaban J connectivity index is 1.73. The summed E-state index contributed by atoms with van der Waals surface area (Å²) in [6.45, 7) is 1.20. The highest BCUT2D eigenvalue weighted by Crippen LogP contribution is 2.17. The van der Waals surface area contributed by atoms with Gasteiger partial charge in [0.15, 0.2) is 0 Å². The first-order valence-electron chi connectivity index (χ1n) is 7.76. The van der Waals surface area contributed by atoms with Crippen molar-refractivity contribution in [3.05, 3.63) is 53.6 Å². The van der Waals surface area contributed by atoms with E-state index >= 15 is 0 Å². The zero-order valence-electron chi connectivity index (χ0n) is 12.8. The normalized spacial score (nSPS) is 17.9. The fourth-order valence-corrected chi connectivity index (χ4v) is 2.72. The van der Waals surface area contributed by atoms with Crippen LogP contribution in [0.1, 0.15) is 18.4 Å². The van der Waals surface area contributed by atoms with Crippen LogP contribution in [0.4, 0.5) is 0 Å². The van der Waals surface area contributed by atoms with Crippen molar-refractivity contribution in [2.45, 2.75) is 18.9 Å². The molecule has 0 spiro atoms. The summed E-state index contributed by atoms with van der Waals surface area (Å²) in [7, 11) is 0. The fourth-order valence-electron chi connectivity index (χ4n) is 2.72. The average Bonchev–Trinajstić information content (AvgIpc) is 3.11. The summed E-state index contributed by atoms with van der Waals surface area (Å²) in [6, 6.07) is 15.8. The van der Waals surface area contributed by atoms with Gasteiger partial charge in [0, 0.05) is 13.2 Å². The number of nitrogens with zero attached hydrogens (tertiary/aromatic N) is 1. The summed E-state index contributed by atoms with van der Waals surface area (Å²) >= 11 is 0. The second-order valence-corrected chi connectivity index (χ2v) is 5.62. The standard InChI is InChI=1S/C19H18N2O2/c20-12-17(19(22)21-13-18-6-3-9-23-18)11-14-7-8-15-4-1-2-5-16(15)10-14/h1-2,4-5,7-8,10-11,18H,3,6,9,13H2,(H,21,22)/b17-11+. The van der Waals surface area contributed by atoms with Crippen LogP contribution in [-0.2, 0) is 9.53 Å². The molecule has 1 aliphatic rings. The van der Waals surface area contributed by atoms with Gasteiger partial charge in [-0.2, -0.15) is 5.26 Å². The lowest BCUT2D eigenvalue weighted by Gasteiger charge is -2.10. The number of benzene rings is 2. The Bertz CT molecular complexity index is 783. The third-order valence-electron chi connectivity index (χ3n) is 3.96. The molecule has 1 N–H and O–H groups in total. The minimum atomic E-state index is -0.351. The van der Waals surface area contributed by atoms with Crippen molar-refractivity contribution in [3.63, 3.8) is 0 Å². The number of carbonyl (C=O) groups is 1. The van der Waals surface area contributed by atoms with Gasteiger partial charge in [-0.1, -0.05) is 36.4 Å². The lowest BCUT2D eigenvalue weighted by atomic mass is 10.1. The predicted octanol–water partition coefficient (Wildman–Crippen LogP) is 3.04. The van der Waals surface area contributed by atoms with Gasteiger partial charge in [-0.15, -0.1) is 0 Å². The van der Waals surface area contributed by atoms with Crippen LogP contribution in [-0.4, -0.2) is 25.2 Å². The molecular formula is C19H18N2O2. The maximum Gasteiger partial charge on any atom is 0.262 e. The van der Waals surface area contributed by atoms with Gasteiger partial charge < -0.3 is 10.1 Å². The molecule has 1 amide bonds. The largest absolute Gasteiger partial charge is 0.376 e. The van der Waals surface area contributed by atoms with Crippen molar-refractivity contribution < 1.29 is 9.53 Å².